The molecule has 0 unspecified atom stereocenters. The van der Waals surface area contributed by atoms with Gasteiger partial charge in [-0.05, 0) is 61.9 Å². The van der Waals surface area contributed by atoms with Crippen molar-refractivity contribution in [1.29, 1.82) is 0 Å². The summed E-state index contributed by atoms with van der Waals surface area (Å²) in [6.45, 7) is 5.63. The molecule has 1 fully saturated rings. The molecule has 1 aromatic carbocycles. The minimum absolute atomic E-state index is 0.136. The number of hydrogen-bond acceptors (Lipinski definition) is 7. The molecule has 3 N–H and O–H groups in total. The first-order valence-corrected chi connectivity index (χ1v) is 14.1. The van der Waals surface area contributed by atoms with Crippen LogP contribution in [0.2, 0.25) is 0 Å². The molecular weight excluding hydrogens is 504 g/mol. The van der Waals surface area contributed by atoms with Gasteiger partial charge in [0.05, 0.1) is 23.6 Å². The molecule has 4 rings (SSSR count). The number of sulfonamides is 1. The molecular formula is C24H30N4O6S2. The number of anilines is 1. The lowest BCUT2D eigenvalue weighted by molar-refractivity contribution is 0.0997. The van der Waals surface area contributed by atoms with Crippen LogP contribution in [0.4, 0.5) is 9.80 Å². The summed E-state index contributed by atoms with van der Waals surface area (Å²) in [5, 5.41) is 3.05. The Morgan fingerprint density at radius 3 is 2.56 bits per heavy atom. The van der Waals surface area contributed by atoms with Gasteiger partial charge in [0.1, 0.15) is 5.00 Å². The summed E-state index contributed by atoms with van der Waals surface area (Å²) in [6, 6.07) is 5.76. The van der Waals surface area contributed by atoms with Gasteiger partial charge in [0.2, 0.25) is 10.0 Å². The predicted molar refractivity (Wildman–Crippen MR) is 136 cm³/mol. The van der Waals surface area contributed by atoms with Crippen molar-refractivity contribution in [3.05, 3.63) is 45.8 Å². The van der Waals surface area contributed by atoms with Crippen LogP contribution >= 0.6 is 11.3 Å². The van der Waals surface area contributed by atoms with Gasteiger partial charge in [-0.25, -0.2) is 13.2 Å². The Labute approximate surface area is 214 Å². The smallest absolute Gasteiger partial charge is 0.410 e. The Balaban J connectivity index is 1.52. The van der Waals surface area contributed by atoms with Crippen molar-refractivity contribution in [2.24, 2.45) is 11.7 Å². The van der Waals surface area contributed by atoms with Crippen molar-refractivity contribution in [3.8, 4) is 0 Å². The summed E-state index contributed by atoms with van der Waals surface area (Å²) < 4.78 is 32.5. The molecule has 10 nitrogen and oxygen atoms in total. The summed E-state index contributed by atoms with van der Waals surface area (Å²) in [5.74, 6) is -0.850. The number of nitrogens with one attached hydrogen (secondary N) is 1. The fourth-order valence-corrected chi connectivity index (χ4v) is 7.45. The summed E-state index contributed by atoms with van der Waals surface area (Å²) in [7, 11) is -3.63. The van der Waals surface area contributed by atoms with Crippen molar-refractivity contribution < 1.29 is 27.5 Å². The predicted octanol–water partition coefficient (Wildman–Crippen LogP) is 3.03. The second-order valence-corrected chi connectivity index (χ2v) is 12.1. The maximum absolute atomic E-state index is 13.0. The van der Waals surface area contributed by atoms with Gasteiger partial charge in [-0.3, -0.25) is 9.59 Å². The van der Waals surface area contributed by atoms with Crippen molar-refractivity contribution in [2.75, 3.05) is 31.6 Å². The van der Waals surface area contributed by atoms with Crippen molar-refractivity contribution >= 4 is 44.3 Å². The standard InChI is InChI=1S/C24H30N4O6S2/c1-3-34-24(31)27-12-10-18-19(14-27)35-23(20(18)21(25)29)26-22(30)16-6-8-17(9-7-16)36(32,33)28-11-4-5-15(2)13-28/h6-9,15H,3-5,10-14H2,1-2H3,(H2,25,29)(H,26,30)/t15-/m1/s1. The van der Waals surface area contributed by atoms with E-state index < -0.39 is 27.9 Å². The van der Waals surface area contributed by atoms with Gasteiger partial charge in [0, 0.05) is 30.1 Å². The number of fused-ring (bicyclic) bond motifs is 1. The second-order valence-electron chi connectivity index (χ2n) is 9.03. The first-order valence-electron chi connectivity index (χ1n) is 11.9. The van der Waals surface area contributed by atoms with E-state index >= 15 is 0 Å². The number of benzene rings is 1. The van der Waals surface area contributed by atoms with Gasteiger partial charge in [0.25, 0.3) is 11.8 Å². The van der Waals surface area contributed by atoms with Crippen LogP contribution < -0.4 is 11.1 Å². The Bertz CT molecular complexity index is 1270. The highest BCUT2D eigenvalue weighted by Crippen LogP contribution is 2.37. The molecule has 0 saturated carbocycles. The molecule has 0 aliphatic carbocycles. The second kappa shape index (κ2) is 10.6. The topological polar surface area (TPSA) is 139 Å². The molecule has 0 bridgehead atoms. The van der Waals surface area contributed by atoms with Gasteiger partial charge in [-0.1, -0.05) is 6.92 Å². The highest BCUT2D eigenvalue weighted by molar-refractivity contribution is 7.89. The zero-order valence-electron chi connectivity index (χ0n) is 20.3. The number of primary amides is 1. The number of hydrogen-bond donors (Lipinski definition) is 2. The molecule has 3 heterocycles. The van der Waals surface area contributed by atoms with E-state index in [1.807, 2.05) is 6.92 Å². The number of nitrogens with zero attached hydrogens (tertiary/aromatic N) is 2. The first kappa shape index (κ1) is 26.1. The summed E-state index contributed by atoms with van der Waals surface area (Å²) >= 11 is 1.19. The molecule has 1 atom stereocenters. The van der Waals surface area contributed by atoms with Gasteiger partial charge >= 0.3 is 6.09 Å². The number of amides is 3. The van der Waals surface area contributed by atoms with E-state index in [9.17, 15) is 22.8 Å². The molecule has 194 valence electrons. The summed E-state index contributed by atoms with van der Waals surface area (Å²) in [4.78, 5) is 39.7. The molecule has 12 heteroatoms. The monoisotopic (exact) mass is 534 g/mol. The normalized spacial score (nSPS) is 18.4. The lowest BCUT2D eigenvalue weighted by Gasteiger charge is -2.30. The molecule has 2 aliphatic heterocycles. The number of rotatable bonds is 6. The molecule has 3 amide bonds. The van der Waals surface area contributed by atoms with Gasteiger partial charge in [-0.2, -0.15) is 4.31 Å². The molecule has 0 radical (unpaired) electrons. The minimum Gasteiger partial charge on any atom is -0.450 e. The van der Waals surface area contributed by atoms with E-state index in [1.165, 1.54) is 39.9 Å². The number of nitrogens with two attached hydrogens (primary N) is 1. The molecule has 2 aliphatic rings. The fraction of sp³-hybridized carbons (Fsp3) is 0.458. The molecule has 0 spiro atoms. The highest BCUT2D eigenvalue weighted by atomic mass is 32.2. The Morgan fingerprint density at radius 2 is 1.92 bits per heavy atom. The first-order chi connectivity index (χ1) is 17.1. The van der Waals surface area contributed by atoms with Crippen LogP contribution in [-0.4, -0.2) is 61.8 Å². The Kier molecular flexibility index (Phi) is 7.67. The van der Waals surface area contributed by atoms with Crippen LogP contribution in [-0.2, 0) is 27.7 Å². The van der Waals surface area contributed by atoms with Crippen LogP contribution in [0.3, 0.4) is 0 Å². The van der Waals surface area contributed by atoms with Crippen LogP contribution in [0.15, 0.2) is 29.2 Å². The minimum atomic E-state index is -3.63. The number of thiophene rings is 1. The summed E-state index contributed by atoms with van der Waals surface area (Å²) in [6.07, 6.45) is 1.81. The van der Waals surface area contributed by atoms with E-state index in [2.05, 4.69) is 5.32 Å². The van der Waals surface area contributed by atoms with E-state index in [0.29, 0.717) is 37.0 Å². The molecule has 1 saturated heterocycles. The molecule has 2 aromatic rings. The number of ether oxygens (including phenoxy) is 1. The highest BCUT2D eigenvalue weighted by Gasteiger charge is 2.31. The third-order valence-corrected chi connectivity index (χ3v) is 9.44. The Hall–Kier alpha value is -2.96. The van der Waals surface area contributed by atoms with E-state index in [4.69, 9.17) is 10.5 Å². The van der Waals surface area contributed by atoms with Crippen molar-refractivity contribution in [2.45, 2.75) is 44.6 Å². The van der Waals surface area contributed by atoms with E-state index in [0.717, 1.165) is 23.3 Å². The third kappa shape index (κ3) is 5.25. The maximum Gasteiger partial charge on any atom is 0.410 e. The largest absolute Gasteiger partial charge is 0.450 e. The van der Waals surface area contributed by atoms with E-state index in [-0.39, 0.29) is 29.2 Å². The average Bonchev–Trinajstić information content (AvgIpc) is 3.21. The average molecular weight is 535 g/mol. The van der Waals surface area contributed by atoms with E-state index in [1.54, 1.807) is 11.8 Å². The third-order valence-electron chi connectivity index (χ3n) is 6.43. The zero-order valence-corrected chi connectivity index (χ0v) is 21.9. The number of piperidine rings is 1. The maximum atomic E-state index is 13.0. The lowest BCUT2D eigenvalue weighted by atomic mass is 10.0. The van der Waals surface area contributed by atoms with Crippen LogP contribution in [0.5, 0.6) is 0 Å². The quantitative estimate of drug-likeness (QED) is 0.584. The van der Waals surface area contributed by atoms with Gasteiger partial charge < -0.3 is 20.7 Å². The van der Waals surface area contributed by atoms with Crippen LogP contribution in [0.1, 0.15) is 57.8 Å². The lowest BCUT2D eigenvalue weighted by Crippen LogP contribution is -2.39. The van der Waals surface area contributed by atoms with Gasteiger partial charge in [0.15, 0.2) is 0 Å². The van der Waals surface area contributed by atoms with Crippen molar-refractivity contribution in [1.82, 2.24) is 9.21 Å². The van der Waals surface area contributed by atoms with Crippen molar-refractivity contribution in [3.63, 3.8) is 0 Å². The summed E-state index contributed by atoms with van der Waals surface area (Å²) in [5.41, 5.74) is 6.84. The SMILES string of the molecule is CCOC(=O)N1CCc2c(sc(NC(=O)c3ccc(S(=O)(=O)N4CCC[C@@H](C)C4)cc3)c2C(N)=O)C1. The molecule has 36 heavy (non-hydrogen) atoms. The molecule has 1 aromatic heterocycles. The number of carbonyl (C=O) groups excluding carboxylic acids is 3. The zero-order chi connectivity index (χ0) is 26.0. The Morgan fingerprint density at radius 1 is 1.19 bits per heavy atom. The van der Waals surface area contributed by atoms with Gasteiger partial charge in [-0.15, -0.1) is 11.3 Å². The van der Waals surface area contributed by atoms with Crippen LogP contribution in [0.25, 0.3) is 0 Å². The van der Waals surface area contributed by atoms with Crippen LogP contribution in [0, 0.1) is 5.92 Å². The fourth-order valence-electron chi connectivity index (χ4n) is 4.59. The number of carbonyl (C=O) groups is 3.